The van der Waals surface area contributed by atoms with Crippen molar-refractivity contribution in [2.75, 3.05) is 16.4 Å². The van der Waals surface area contributed by atoms with Crippen LogP contribution >= 0.6 is 23.1 Å². The van der Waals surface area contributed by atoms with Gasteiger partial charge in [0.15, 0.2) is 10.4 Å². The normalized spacial score (nSPS) is 15.5. The fourth-order valence-electron chi connectivity index (χ4n) is 3.12. The van der Waals surface area contributed by atoms with E-state index in [9.17, 15) is 9.59 Å². The molecule has 1 saturated carbocycles. The lowest BCUT2D eigenvalue weighted by Gasteiger charge is -2.21. The van der Waals surface area contributed by atoms with Crippen LogP contribution in [0.1, 0.15) is 44.6 Å². The number of carbonyl (C=O) groups is 2. The molecule has 2 N–H and O–H groups in total. The topological polar surface area (TPSA) is 93.2 Å². The molecular formula is C20H26N4O3S2. The molecule has 1 amide bonds. The molecule has 1 aliphatic carbocycles. The SMILES string of the molecule is Cc1cccc(NC(=O)[C@H](C)OC(=O)CSc2nnc(NC3CCCCC3)s2)c1. The number of aromatic nitrogens is 2. The second kappa shape index (κ2) is 10.6. The Labute approximate surface area is 179 Å². The molecule has 3 rings (SSSR count). The van der Waals surface area contributed by atoms with Crippen LogP contribution in [0.2, 0.25) is 0 Å². The molecule has 1 aromatic heterocycles. The highest BCUT2D eigenvalue weighted by Crippen LogP contribution is 2.28. The van der Waals surface area contributed by atoms with Crippen LogP contribution in [0.5, 0.6) is 0 Å². The molecule has 0 spiro atoms. The van der Waals surface area contributed by atoms with Crippen molar-refractivity contribution in [3.8, 4) is 0 Å². The molecule has 1 aliphatic rings. The molecule has 9 heteroatoms. The van der Waals surface area contributed by atoms with Gasteiger partial charge in [-0.15, -0.1) is 10.2 Å². The van der Waals surface area contributed by atoms with Crippen LogP contribution < -0.4 is 10.6 Å². The van der Waals surface area contributed by atoms with E-state index in [1.807, 2.05) is 25.1 Å². The van der Waals surface area contributed by atoms with Gasteiger partial charge in [0.25, 0.3) is 5.91 Å². The first-order valence-corrected chi connectivity index (χ1v) is 11.6. The maximum absolute atomic E-state index is 12.2. The van der Waals surface area contributed by atoms with Crippen molar-refractivity contribution in [2.24, 2.45) is 0 Å². The molecule has 1 fully saturated rings. The van der Waals surface area contributed by atoms with Crippen molar-refractivity contribution in [1.29, 1.82) is 0 Å². The number of rotatable bonds is 8. The summed E-state index contributed by atoms with van der Waals surface area (Å²) in [4.78, 5) is 24.3. The molecule has 0 unspecified atom stereocenters. The Balaban J connectivity index is 1.40. The summed E-state index contributed by atoms with van der Waals surface area (Å²) in [5, 5.41) is 15.2. The lowest BCUT2D eigenvalue weighted by Crippen LogP contribution is -2.30. The highest BCUT2D eigenvalue weighted by molar-refractivity contribution is 8.01. The van der Waals surface area contributed by atoms with Crippen molar-refractivity contribution in [3.63, 3.8) is 0 Å². The van der Waals surface area contributed by atoms with Gasteiger partial charge in [-0.25, -0.2) is 0 Å². The summed E-state index contributed by atoms with van der Waals surface area (Å²) in [6, 6.07) is 7.92. The Morgan fingerprint density at radius 2 is 2.07 bits per heavy atom. The number of esters is 1. The monoisotopic (exact) mass is 434 g/mol. The van der Waals surface area contributed by atoms with E-state index in [1.54, 1.807) is 13.0 Å². The van der Waals surface area contributed by atoms with Crippen molar-refractivity contribution in [1.82, 2.24) is 10.2 Å². The first kappa shape index (κ1) is 21.6. The minimum absolute atomic E-state index is 0.0835. The van der Waals surface area contributed by atoms with Crippen LogP contribution in [0.15, 0.2) is 28.6 Å². The third-order valence-electron chi connectivity index (χ3n) is 4.62. The van der Waals surface area contributed by atoms with Gasteiger partial charge in [0.2, 0.25) is 5.13 Å². The number of anilines is 2. The Kier molecular flexibility index (Phi) is 7.88. The van der Waals surface area contributed by atoms with Gasteiger partial charge in [-0.1, -0.05) is 54.5 Å². The Morgan fingerprint density at radius 3 is 2.83 bits per heavy atom. The summed E-state index contributed by atoms with van der Waals surface area (Å²) >= 11 is 2.71. The minimum Gasteiger partial charge on any atom is -0.452 e. The highest BCUT2D eigenvalue weighted by atomic mass is 32.2. The molecule has 7 nitrogen and oxygen atoms in total. The van der Waals surface area contributed by atoms with E-state index < -0.39 is 12.1 Å². The standard InChI is InChI=1S/C20H26N4O3S2/c1-13-7-6-10-16(11-13)21-18(26)14(2)27-17(25)12-28-20-24-23-19(29-20)22-15-8-4-3-5-9-15/h6-7,10-11,14-15H,3-5,8-9,12H2,1-2H3,(H,21,26)(H,22,23)/t14-/m0/s1. The number of hydrogen-bond acceptors (Lipinski definition) is 8. The zero-order valence-corrected chi connectivity index (χ0v) is 18.3. The van der Waals surface area contributed by atoms with Gasteiger partial charge in [0.05, 0.1) is 5.75 Å². The predicted octanol–water partition coefficient (Wildman–Crippen LogP) is 4.25. The van der Waals surface area contributed by atoms with Gasteiger partial charge in [-0.3, -0.25) is 9.59 Å². The van der Waals surface area contributed by atoms with Gasteiger partial charge in [-0.2, -0.15) is 0 Å². The number of carbonyl (C=O) groups excluding carboxylic acids is 2. The van der Waals surface area contributed by atoms with Gasteiger partial charge in [-0.05, 0) is 44.4 Å². The average Bonchev–Trinajstić information content (AvgIpc) is 3.14. The van der Waals surface area contributed by atoms with E-state index in [0.29, 0.717) is 16.1 Å². The van der Waals surface area contributed by atoms with Crippen LogP contribution in [-0.4, -0.2) is 40.0 Å². The number of hydrogen-bond donors (Lipinski definition) is 2. The van der Waals surface area contributed by atoms with Crippen molar-refractivity contribution < 1.29 is 14.3 Å². The molecular weight excluding hydrogens is 408 g/mol. The fourth-order valence-corrected chi connectivity index (χ4v) is 4.73. The molecule has 156 valence electrons. The molecule has 1 atom stereocenters. The van der Waals surface area contributed by atoms with E-state index in [1.165, 1.54) is 42.4 Å². The van der Waals surface area contributed by atoms with E-state index in [2.05, 4.69) is 20.8 Å². The second-order valence-electron chi connectivity index (χ2n) is 7.13. The summed E-state index contributed by atoms with van der Waals surface area (Å²) in [5.41, 5.74) is 1.72. The van der Waals surface area contributed by atoms with Crippen LogP contribution in [0, 0.1) is 6.92 Å². The fraction of sp³-hybridized carbons (Fsp3) is 0.500. The van der Waals surface area contributed by atoms with Crippen molar-refractivity contribution >= 4 is 45.8 Å². The summed E-state index contributed by atoms with van der Waals surface area (Å²) in [7, 11) is 0. The molecule has 0 saturated heterocycles. The van der Waals surface area contributed by atoms with Gasteiger partial charge < -0.3 is 15.4 Å². The Bertz CT molecular complexity index is 837. The van der Waals surface area contributed by atoms with Crippen LogP contribution in [0.25, 0.3) is 0 Å². The quantitative estimate of drug-likeness (QED) is 0.474. The summed E-state index contributed by atoms with van der Waals surface area (Å²) in [5.74, 6) is -0.733. The molecule has 1 aromatic carbocycles. The second-order valence-corrected chi connectivity index (χ2v) is 9.33. The molecule has 0 bridgehead atoms. The van der Waals surface area contributed by atoms with Crippen LogP contribution in [0.3, 0.4) is 0 Å². The van der Waals surface area contributed by atoms with Crippen LogP contribution in [-0.2, 0) is 14.3 Å². The van der Waals surface area contributed by atoms with E-state index >= 15 is 0 Å². The number of nitrogens with zero attached hydrogens (tertiary/aromatic N) is 2. The zero-order chi connectivity index (χ0) is 20.6. The third-order valence-corrected chi connectivity index (χ3v) is 6.58. The zero-order valence-electron chi connectivity index (χ0n) is 16.6. The van der Waals surface area contributed by atoms with E-state index in [-0.39, 0.29) is 11.7 Å². The number of benzene rings is 1. The highest BCUT2D eigenvalue weighted by Gasteiger charge is 2.19. The summed E-state index contributed by atoms with van der Waals surface area (Å²) < 4.78 is 5.94. The van der Waals surface area contributed by atoms with E-state index in [4.69, 9.17) is 4.74 Å². The first-order valence-electron chi connectivity index (χ1n) is 9.79. The number of ether oxygens (including phenoxy) is 1. The van der Waals surface area contributed by atoms with Gasteiger partial charge >= 0.3 is 5.97 Å². The van der Waals surface area contributed by atoms with Gasteiger partial charge in [0.1, 0.15) is 0 Å². The lowest BCUT2D eigenvalue weighted by molar-refractivity contribution is -0.150. The Hall–Kier alpha value is -2.13. The largest absolute Gasteiger partial charge is 0.452 e. The smallest absolute Gasteiger partial charge is 0.317 e. The van der Waals surface area contributed by atoms with Crippen LogP contribution in [0.4, 0.5) is 10.8 Å². The van der Waals surface area contributed by atoms with Crippen molar-refractivity contribution in [2.45, 2.75) is 62.4 Å². The molecule has 0 aliphatic heterocycles. The number of aryl methyl sites for hydroxylation is 1. The van der Waals surface area contributed by atoms with Gasteiger partial charge in [0, 0.05) is 11.7 Å². The summed E-state index contributed by atoms with van der Waals surface area (Å²) in [6.45, 7) is 3.50. The summed E-state index contributed by atoms with van der Waals surface area (Å²) in [6.07, 6.45) is 5.26. The number of amides is 1. The predicted molar refractivity (Wildman–Crippen MR) is 116 cm³/mol. The molecule has 1 heterocycles. The molecule has 0 radical (unpaired) electrons. The molecule has 2 aromatic rings. The first-order chi connectivity index (χ1) is 14.0. The maximum Gasteiger partial charge on any atom is 0.317 e. The number of nitrogens with one attached hydrogen (secondary N) is 2. The third kappa shape index (κ3) is 7.01. The Morgan fingerprint density at radius 1 is 1.28 bits per heavy atom. The number of thioether (sulfide) groups is 1. The average molecular weight is 435 g/mol. The minimum atomic E-state index is -0.874. The molecule has 29 heavy (non-hydrogen) atoms. The van der Waals surface area contributed by atoms with E-state index in [0.717, 1.165) is 23.5 Å². The lowest BCUT2D eigenvalue weighted by atomic mass is 9.96. The van der Waals surface area contributed by atoms with Crippen molar-refractivity contribution in [3.05, 3.63) is 29.8 Å². The maximum atomic E-state index is 12.2.